The first-order valence-electron chi connectivity index (χ1n) is 8.25. The van der Waals surface area contributed by atoms with Gasteiger partial charge in [0, 0.05) is 44.9 Å². The van der Waals surface area contributed by atoms with Crippen LogP contribution in [0.25, 0.3) is 0 Å². The van der Waals surface area contributed by atoms with Crippen molar-refractivity contribution in [1.29, 1.82) is 0 Å². The minimum Gasteiger partial charge on any atom is -0.490 e. The van der Waals surface area contributed by atoms with Crippen LogP contribution in [-0.4, -0.2) is 42.4 Å². The van der Waals surface area contributed by atoms with Gasteiger partial charge >= 0.3 is 6.18 Å². The van der Waals surface area contributed by atoms with Gasteiger partial charge in [-0.25, -0.2) is 4.98 Å². The lowest BCUT2D eigenvalue weighted by molar-refractivity contribution is -0.137. The van der Waals surface area contributed by atoms with Crippen LogP contribution in [0.1, 0.15) is 12.0 Å². The molecule has 0 bridgehead atoms. The van der Waals surface area contributed by atoms with Gasteiger partial charge in [0.25, 0.3) is 5.17 Å². The monoisotopic (exact) mass is 468 g/mol. The summed E-state index contributed by atoms with van der Waals surface area (Å²) < 4.78 is 53.8. The maximum atomic E-state index is 12.5. The van der Waals surface area contributed by atoms with Crippen molar-refractivity contribution in [1.82, 2.24) is 9.88 Å². The van der Waals surface area contributed by atoms with Gasteiger partial charge in [0.1, 0.15) is 5.75 Å². The van der Waals surface area contributed by atoms with E-state index >= 15 is 0 Å². The molecule has 1 aromatic carbocycles. The van der Waals surface area contributed by atoms with Crippen molar-refractivity contribution in [3.8, 4) is 17.4 Å². The maximum Gasteiger partial charge on any atom is 0.417 e. The molecule has 0 amide bonds. The predicted octanol–water partition coefficient (Wildman–Crippen LogP) is 5.48. The number of hydrogen-bond acceptors (Lipinski definition) is 5. The van der Waals surface area contributed by atoms with E-state index in [1.807, 2.05) is 0 Å². The van der Waals surface area contributed by atoms with E-state index in [1.165, 1.54) is 12.1 Å². The summed E-state index contributed by atoms with van der Waals surface area (Å²) in [5.41, 5.74) is -0.837. The Morgan fingerprint density at radius 3 is 2.24 bits per heavy atom. The fourth-order valence-electron chi connectivity index (χ4n) is 1.97. The average Bonchev–Trinajstić information content (AvgIpc) is 2.63. The molecule has 0 atom stereocenters. The van der Waals surface area contributed by atoms with Crippen molar-refractivity contribution >= 4 is 40.6 Å². The van der Waals surface area contributed by atoms with E-state index in [0.29, 0.717) is 12.2 Å². The number of hydrogen-bond donors (Lipinski definition) is 0. The van der Waals surface area contributed by atoms with Crippen molar-refractivity contribution < 1.29 is 27.4 Å². The molecule has 0 saturated heterocycles. The molecular formula is C18H17Cl2F3N2O3S. The smallest absolute Gasteiger partial charge is 0.417 e. The summed E-state index contributed by atoms with van der Waals surface area (Å²) in [6.45, 7) is 0.405. The SMILES string of the molecule is CN(C)C(=S)Oc1cc(Cl)c(OCCCOc2ccc(C(F)(F)F)cn2)c(Cl)c1. The molecule has 0 unspecified atom stereocenters. The number of rotatable bonds is 7. The molecule has 0 aliphatic heterocycles. The van der Waals surface area contributed by atoms with Gasteiger partial charge in [-0.15, -0.1) is 0 Å². The van der Waals surface area contributed by atoms with E-state index in [-0.39, 0.29) is 40.1 Å². The molecule has 0 saturated carbocycles. The lowest BCUT2D eigenvalue weighted by Gasteiger charge is -2.16. The van der Waals surface area contributed by atoms with Crippen LogP contribution >= 0.6 is 35.4 Å². The summed E-state index contributed by atoms with van der Waals surface area (Å²) in [5, 5.41) is 0.749. The Hall–Kier alpha value is -1.97. The zero-order valence-corrected chi connectivity index (χ0v) is 17.8. The first-order chi connectivity index (χ1) is 13.6. The zero-order valence-electron chi connectivity index (χ0n) is 15.4. The maximum absolute atomic E-state index is 12.5. The van der Waals surface area contributed by atoms with Crippen LogP contribution in [0.3, 0.4) is 0 Å². The van der Waals surface area contributed by atoms with Gasteiger partial charge in [0.15, 0.2) is 5.75 Å². The Morgan fingerprint density at radius 1 is 1.10 bits per heavy atom. The number of halogens is 5. The quantitative estimate of drug-likeness (QED) is 0.395. The molecule has 0 aliphatic rings. The lowest BCUT2D eigenvalue weighted by Crippen LogP contribution is -2.24. The van der Waals surface area contributed by atoms with Gasteiger partial charge in [0.2, 0.25) is 5.88 Å². The molecule has 11 heteroatoms. The highest BCUT2D eigenvalue weighted by Gasteiger charge is 2.30. The minimum absolute atomic E-state index is 0.0902. The summed E-state index contributed by atoms with van der Waals surface area (Å²) in [5.74, 6) is 0.749. The molecule has 0 N–H and O–H groups in total. The summed E-state index contributed by atoms with van der Waals surface area (Å²) >= 11 is 17.4. The van der Waals surface area contributed by atoms with Crippen LogP contribution in [0.15, 0.2) is 30.5 Å². The topological polar surface area (TPSA) is 43.8 Å². The van der Waals surface area contributed by atoms with Gasteiger partial charge in [-0.3, -0.25) is 0 Å². The standard InChI is InChI=1S/C18H17Cl2F3N2O3S/c1-25(2)17(29)28-12-8-13(19)16(14(20)9-12)27-7-3-6-26-15-5-4-11(10-24-15)18(21,22)23/h4-5,8-10H,3,6-7H2,1-2H3. The van der Waals surface area contributed by atoms with Crippen LogP contribution in [0.5, 0.6) is 17.4 Å². The fourth-order valence-corrected chi connectivity index (χ4v) is 2.64. The Labute approximate surface area is 181 Å². The Balaban J connectivity index is 1.82. The lowest BCUT2D eigenvalue weighted by atomic mass is 10.3. The molecule has 158 valence electrons. The van der Waals surface area contributed by atoms with Crippen molar-refractivity contribution in [3.05, 3.63) is 46.1 Å². The molecule has 2 aromatic rings. The number of ether oxygens (including phenoxy) is 3. The van der Waals surface area contributed by atoms with Gasteiger partial charge < -0.3 is 19.1 Å². The fraction of sp³-hybridized carbons (Fsp3) is 0.333. The number of alkyl halides is 3. The van der Waals surface area contributed by atoms with Gasteiger partial charge in [-0.05, 0) is 18.3 Å². The van der Waals surface area contributed by atoms with E-state index in [1.54, 1.807) is 19.0 Å². The summed E-state index contributed by atoms with van der Waals surface area (Å²) in [4.78, 5) is 5.24. The molecule has 0 fully saturated rings. The van der Waals surface area contributed by atoms with E-state index in [0.717, 1.165) is 18.3 Å². The Morgan fingerprint density at radius 2 is 1.72 bits per heavy atom. The number of benzene rings is 1. The van der Waals surface area contributed by atoms with Gasteiger partial charge in [-0.1, -0.05) is 23.2 Å². The molecule has 5 nitrogen and oxygen atoms in total. The normalized spacial score (nSPS) is 11.1. The third-order valence-electron chi connectivity index (χ3n) is 3.39. The number of thiocarbonyl (C=S) groups is 1. The highest BCUT2D eigenvalue weighted by molar-refractivity contribution is 7.80. The number of pyridine rings is 1. The molecule has 29 heavy (non-hydrogen) atoms. The Bertz CT molecular complexity index is 826. The first-order valence-corrected chi connectivity index (χ1v) is 9.41. The van der Waals surface area contributed by atoms with Crippen LogP contribution in [0.4, 0.5) is 13.2 Å². The summed E-state index contributed by atoms with van der Waals surface area (Å²) in [6.07, 6.45) is -3.29. The zero-order chi connectivity index (χ0) is 21.6. The largest absolute Gasteiger partial charge is 0.490 e. The summed E-state index contributed by atoms with van der Waals surface area (Å²) in [6, 6.07) is 5.13. The number of aromatic nitrogens is 1. The highest BCUT2D eigenvalue weighted by Crippen LogP contribution is 2.37. The molecule has 0 aliphatic carbocycles. The van der Waals surface area contributed by atoms with Crippen LogP contribution in [0.2, 0.25) is 10.0 Å². The molecule has 0 radical (unpaired) electrons. The Kier molecular flexibility index (Phi) is 8.18. The number of nitrogens with zero attached hydrogens (tertiary/aromatic N) is 2. The second-order valence-electron chi connectivity index (χ2n) is 5.91. The summed E-state index contributed by atoms with van der Waals surface area (Å²) in [7, 11) is 3.48. The highest BCUT2D eigenvalue weighted by atomic mass is 35.5. The van der Waals surface area contributed by atoms with Crippen molar-refractivity contribution in [2.75, 3.05) is 27.3 Å². The third kappa shape index (κ3) is 7.09. The van der Waals surface area contributed by atoms with Crippen molar-refractivity contribution in [3.63, 3.8) is 0 Å². The second-order valence-corrected chi connectivity index (χ2v) is 7.08. The van der Waals surface area contributed by atoms with Crippen LogP contribution < -0.4 is 14.2 Å². The predicted molar refractivity (Wildman–Crippen MR) is 108 cm³/mol. The van der Waals surface area contributed by atoms with Crippen molar-refractivity contribution in [2.45, 2.75) is 12.6 Å². The van der Waals surface area contributed by atoms with Gasteiger partial charge in [0.05, 0.1) is 28.8 Å². The van der Waals surface area contributed by atoms with E-state index in [4.69, 9.17) is 49.6 Å². The molecule has 1 heterocycles. The molecular weight excluding hydrogens is 452 g/mol. The molecule has 1 aromatic heterocycles. The van der Waals surface area contributed by atoms with Gasteiger partial charge in [-0.2, -0.15) is 13.2 Å². The van der Waals surface area contributed by atoms with Crippen LogP contribution in [-0.2, 0) is 6.18 Å². The molecule has 2 rings (SSSR count). The first kappa shape index (κ1) is 23.3. The third-order valence-corrected chi connectivity index (χ3v) is 4.40. The van der Waals surface area contributed by atoms with E-state index < -0.39 is 11.7 Å². The van der Waals surface area contributed by atoms with E-state index in [2.05, 4.69) is 4.98 Å². The van der Waals surface area contributed by atoms with Crippen molar-refractivity contribution in [2.24, 2.45) is 0 Å². The second kappa shape index (κ2) is 10.2. The minimum atomic E-state index is -4.43. The van der Waals surface area contributed by atoms with Crippen LogP contribution in [0, 0.1) is 0 Å². The average molecular weight is 469 g/mol. The van der Waals surface area contributed by atoms with E-state index in [9.17, 15) is 13.2 Å². The molecule has 0 spiro atoms.